The summed E-state index contributed by atoms with van der Waals surface area (Å²) in [6.45, 7) is 6.58. The molecule has 0 saturated heterocycles. The van der Waals surface area contributed by atoms with E-state index in [2.05, 4.69) is 6.92 Å². The molecule has 15 heavy (non-hydrogen) atoms. The molecule has 0 amide bonds. The van der Waals surface area contributed by atoms with Gasteiger partial charge in [-0.15, -0.1) is 0 Å². The van der Waals surface area contributed by atoms with Crippen molar-refractivity contribution in [3.63, 3.8) is 0 Å². The molecule has 4 nitrogen and oxygen atoms in total. The van der Waals surface area contributed by atoms with Gasteiger partial charge in [-0.25, -0.2) is 4.67 Å². The fraction of sp³-hybridized carbons (Fsp3) is 1.00. The maximum Gasteiger partial charge on any atom is 0.260 e. The standard InChI is InChI=1S/C10H24NO3P/c1-6-9(3)14-10(7-2)8-13-15(12)11(4)5/h9-10,15H,6-8H2,1-5H3/t9?,10-/m0/s1. The van der Waals surface area contributed by atoms with Gasteiger partial charge in [0.15, 0.2) is 0 Å². The minimum absolute atomic E-state index is 0.0499. The third-order valence-electron chi connectivity index (χ3n) is 2.21. The van der Waals surface area contributed by atoms with Crippen molar-refractivity contribution < 1.29 is 13.8 Å². The molecule has 0 rings (SSSR count). The van der Waals surface area contributed by atoms with Crippen LogP contribution in [0.3, 0.4) is 0 Å². The Labute approximate surface area is 93.9 Å². The highest BCUT2D eigenvalue weighted by Gasteiger charge is 2.12. The molecule has 0 saturated carbocycles. The van der Waals surface area contributed by atoms with Gasteiger partial charge in [0.05, 0.1) is 18.8 Å². The molecular formula is C10H24NO3P. The van der Waals surface area contributed by atoms with Crippen molar-refractivity contribution in [2.75, 3.05) is 20.7 Å². The molecule has 3 atom stereocenters. The van der Waals surface area contributed by atoms with Crippen LogP contribution in [0.15, 0.2) is 0 Å². The summed E-state index contributed by atoms with van der Waals surface area (Å²) in [4.78, 5) is 0. The van der Waals surface area contributed by atoms with E-state index in [0.717, 1.165) is 12.8 Å². The Hall–Kier alpha value is 0.110. The molecule has 0 bridgehead atoms. The van der Waals surface area contributed by atoms with Gasteiger partial charge in [0.1, 0.15) is 0 Å². The molecule has 0 aliphatic carbocycles. The Morgan fingerprint density at radius 2 is 1.87 bits per heavy atom. The van der Waals surface area contributed by atoms with Crippen molar-refractivity contribution in [2.24, 2.45) is 0 Å². The van der Waals surface area contributed by atoms with Crippen LogP contribution in [0.5, 0.6) is 0 Å². The Morgan fingerprint density at radius 3 is 2.27 bits per heavy atom. The van der Waals surface area contributed by atoms with Crippen LogP contribution in [-0.2, 0) is 13.8 Å². The third-order valence-corrected chi connectivity index (χ3v) is 3.36. The second kappa shape index (κ2) is 8.28. The highest BCUT2D eigenvalue weighted by atomic mass is 31.1. The van der Waals surface area contributed by atoms with Gasteiger partial charge in [-0.2, -0.15) is 0 Å². The molecule has 5 heteroatoms. The summed E-state index contributed by atoms with van der Waals surface area (Å²) in [5.74, 6) is 0. The van der Waals surface area contributed by atoms with E-state index in [-0.39, 0.29) is 12.2 Å². The van der Waals surface area contributed by atoms with E-state index in [9.17, 15) is 4.57 Å². The van der Waals surface area contributed by atoms with Gasteiger partial charge in [-0.1, -0.05) is 13.8 Å². The molecule has 0 radical (unpaired) electrons. The van der Waals surface area contributed by atoms with E-state index in [0.29, 0.717) is 6.61 Å². The van der Waals surface area contributed by atoms with E-state index in [1.165, 1.54) is 0 Å². The van der Waals surface area contributed by atoms with Crippen LogP contribution in [0.1, 0.15) is 33.6 Å². The van der Waals surface area contributed by atoms with Crippen molar-refractivity contribution in [3.8, 4) is 0 Å². The fourth-order valence-corrected chi connectivity index (χ4v) is 1.56. The lowest BCUT2D eigenvalue weighted by Gasteiger charge is -2.21. The maximum absolute atomic E-state index is 11.4. The predicted molar refractivity (Wildman–Crippen MR) is 63.6 cm³/mol. The summed E-state index contributed by atoms with van der Waals surface area (Å²) in [5, 5.41) is 0. The van der Waals surface area contributed by atoms with Gasteiger partial charge in [0.2, 0.25) is 0 Å². The smallest absolute Gasteiger partial charge is 0.260 e. The van der Waals surface area contributed by atoms with Crippen molar-refractivity contribution in [3.05, 3.63) is 0 Å². The number of ether oxygens (including phenoxy) is 1. The molecule has 0 fully saturated rings. The largest absolute Gasteiger partial charge is 0.373 e. The summed E-state index contributed by atoms with van der Waals surface area (Å²) in [6.07, 6.45) is 2.15. The van der Waals surface area contributed by atoms with Crippen LogP contribution in [0, 0.1) is 0 Å². The monoisotopic (exact) mass is 237 g/mol. The minimum Gasteiger partial charge on any atom is -0.373 e. The van der Waals surface area contributed by atoms with Gasteiger partial charge >= 0.3 is 0 Å². The van der Waals surface area contributed by atoms with E-state index in [4.69, 9.17) is 9.26 Å². The first-order valence-corrected chi connectivity index (χ1v) is 6.77. The molecule has 0 spiro atoms. The molecular weight excluding hydrogens is 213 g/mol. The average Bonchev–Trinajstić information content (AvgIpc) is 2.22. The first-order valence-electron chi connectivity index (χ1n) is 5.50. The third kappa shape index (κ3) is 7.07. The molecule has 0 aliphatic heterocycles. The molecule has 2 unspecified atom stereocenters. The van der Waals surface area contributed by atoms with E-state index >= 15 is 0 Å². The molecule has 0 N–H and O–H groups in total. The number of nitrogens with zero attached hydrogens (tertiary/aromatic N) is 1. The number of hydrogen-bond acceptors (Lipinski definition) is 3. The number of rotatable bonds is 8. The highest BCUT2D eigenvalue weighted by molar-refractivity contribution is 7.36. The second-order valence-corrected chi connectivity index (χ2v) is 5.57. The summed E-state index contributed by atoms with van der Waals surface area (Å²) >= 11 is 0. The zero-order chi connectivity index (χ0) is 11.8. The molecule has 0 aromatic carbocycles. The van der Waals surface area contributed by atoms with Crippen LogP contribution in [0.2, 0.25) is 0 Å². The van der Waals surface area contributed by atoms with Gasteiger partial charge in [0.25, 0.3) is 8.18 Å². The molecule has 0 heterocycles. The first-order chi connectivity index (χ1) is 7.01. The molecule has 0 aliphatic rings. The summed E-state index contributed by atoms with van der Waals surface area (Å²) < 4.78 is 23.9. The Morgan fingerprint density at radius 1 is 1.27 bits per heavy atom. The van der Waals surface area contributed by atoms with Crippen molar-refractivity contribution >= 4 is 8.18 Å². The number of hydrogen-bond donors (Lipinski definition) is 0. The quantitative estimate of drug-likeness (QED) is 0.608. The maximum atomic E-state index is 11.4. The fourth-order valence-electron chi connectivity index (χ4n) is 0.971. The van der Waals surface area contributed by atoms with Gasteiger partial charge < -0.3 is 9.26 Å². The normalized spacial score (nSPS) is 17.7. The zero-order valence-electron chi connectivity index (χ0n) is 10.4. The van der Waals surface area contributed by atoms with Crippen molar-refractivity contribution in [2.45, 2.75) is 45.8 Å². The minimum atomic E-state index is -2.05. The van der Waals surface area contributed by atoms with E-state index < -0.39 is 8.18 Å². The lowest BCUT2D eigenvalue weighted by molar-refractivity contribution is -0.0278. The van der Waals surface area contributed by atoms with E-state index in [1.54, 1.807) is 18.8 Å². The molecule has 92 valence electrons. The Kier molecular flexibility index (Phi) is 8.34. The van der Waals surface area contributed by atoms with Crippen LogP contribution >= 0.6 is 8.18 Å². The molecule has 0 aromatic rings. The highest BCUT2D eigenvalue weighted by Crippen LogP contribution is 2.25. The van der Waals surface area contributed by atoms with Gasteiger partial charge in [-0.3, -0.25) is 4.57 Å². The van der Waals surface area contributed by atoms with Crippen molar-refractivity contribution in [1.29, 1.82) is 0 Å². The summed E-state index contributed by atoms with van der Waals surface area (Å²) in [6, 6.07) is 0. The Balaban J connectivity index is 3.84. The molecule has 0 aromatic heterocycles. The average molecular weight is 237 g/mol. The van der Waals surface area contributed by atoms with Crippen LogP contribution in [-0.4, -0.2) is 37.6 Å². The van der Waals surface area contributed by atoms with Gasteiger partial charge in [0, 0.05) is 0 Å². The van der Waals surface area contributed by atoms with Crippen LogP contribution in [0.25, 0.3) is 0 Å². The van der Waals surface area contributed by atoms with Crippen LogP contribution < -0.4 is 0 Å². The van der Waals surface area contributed by atoms with Gasteiger partial charge in [-0.05, 0) is 33.9 Å². The summed E-state index contributed by atoms with van der Waals surface area (Å²) in [7, 11) is 1.45. The SMILES string of the molecule is CCC(C)O[C@@H](CC)CO[PH](=O)N(C)C. The van der Waals surface area contributed by atoms with Crippen molar-refractivity contribution in [1.82, 2.24) is 4.67 Å². The summed E-state index contributed by atoms with van der Waals surface area (Å²) in [5.41, 5.74) is 0. The first kappa shape index (κ1) is 15.1. The van der Waals surface area contributed by atoms with E-state index in [1.807, 2.05) is 13.8 Å². The topological polar surface area (TPSA) is 38.8 Å². The predicted octanol–water partition coefficient (Wildman–Crippen LogP) is 2.55. The Bertz CT molecular complexity index is 188. The second-order valence-electron chi connectivity index (χ2n) is 3.86. The lowest BCUT2D eigenvalue weighted by atomic mass is 10.2. The van der Waals surface area contributed by atoms with Crippen LogP contribution in [0.4, 0.5) is 0 Å². The zero-order valence-corrected chi connectivity index (χ0v) is 11.4. The lowest BCUT2D eigenvalue weighted by Crippen LogP contribution is -2.23.